The number of nitrogens with one attached hydrogen (secondary N) is 1. The molecular weight excluding hydrogens is 260 g/mol. The van der Waals surface area contributed by atoms with Crippen LogP contribution in [0.2, 0.25) is 5.02 Å². The maximum Gasteiger partial charge on any atom is 0.219 e. The van der Waals surface area contributed by atoms with Crippen molar-refractivity contribution in [3.05, 3.63) is 53.2 Å². The summed E-state index contributed by atoms with van der Waals surface area (Å²) in [6.45, 7) is 0.853. The van der Waals surface area contributed by atoms with Crippen LogP contribution in [0.4, 0.5) is 0 Å². The Balaban J connectivity index is 1.70. The van der Waals surface area contributed by atoms with Crippen molar-refractivity contribution in [1.82, 2.24) is 10.3 Å². The quantitative estimate of drug-likeness (QED) is 0.901. The number of rotatable bonds is 5. The van der Waals surface area contributed by atoms with E-state index in [9.17, 15) is 0 Å². The maximum atomic E-state index is 6.06. The minimum atomic E-state index is 0.572. The number of benzene rings is 1. The molecule has 0 amide bonds. The SMILES string of the molecule is Clc1ccccc1Oc1cc(CNC2CC2)ccn1. The van der Waals surface area contributed by atoms with Gasteiger partial charge in [0, 0.05) is 24.8 Å². The zero-order valence-corrected chi connectivity index (χ0v) is 11.2. The second-order valence-electron chi connectivity index (χ2n) is 4.69. The predicted octanol–water partition coefficient (Wildman–Crippen LogP) is 3.78. The van der Waals surface area contributed by atoms with Crippen molar-refractivity contribution in [3.8, 4) is 11.6 Å². The molecule has 0 radical (unpaired) electrons. The summed E-state index contributed by atoms with van der Waals surface area (Å²) in [5.41, 5.74) is 1.17. The van der Waals surface area contributed by atoms with Crippen molar-refractivity contribution in [3.63, 3.8) is 0 Å². The lowest BCUT2D eigenvalue weighted by molar-refractivity contribution is 0.462. The highest BCUT2D eigenvalue weighted by Crippen LogP contribution is 2.28. The predicted molar refractivity (Wildman–Crippen MR) is 75.6 cm³/mol. The van der Waals surface area contributed by atoms with Crippen molar-refractivity contribution >= 4 is 11.6 Å². The summed E-state index contributed by atoms with van der Waals surface area (Å²) in [7, 11) is 0. The van der Waals surface area contributed by atoms with E-state index in [2.05, 4.69) is 10.3 Å². The number of hydrogen-bond donors (Lipinski definition) is 1. The molecule has 1 aromatic carbocycles. The molecule has 98 valence electrons. The number of halogens is 1. The van der Waals surface area contributed by atoms with Gasteiger partial charge in [0.2, 0.25) is 5.88 Å². The Bertz CT molecular complexity index is 570. The Morgan fingerprint density at radius 2 is 2.11 bits per heavy atom. The third-order valence-corrected chi connectivity index (χ3v) is 3.33. The van der Waals surface area contributed by atoms with E-state index in [-0.39, 0.29) is 0 Å². The molecule has 2 aromatic rings. The summed E-state index contributed by atoms with van der Waals surface area (Å²) >= 11 is 6.06. The summed E-state index contributed by atoms with van der Waals surface area (Å²) in [6, 6.07) is 12.0. The van der Waals surface area contributed by atoms with E-state index in [1.165, 1.54) is 18.4 Å². The summed E-state index contributed by atoms with van der Waals surface area (Å²) in [5.74, 6) is 1.20. The molecule has 0 unspecified atom stereocenters. The molecule has 19 heavy (non-hydrogen) atoms. The zero-order valence-electron chi connectivity index (χ0n) is 10.5. The lowest BCUT2D eigenvalue weighted by atomic mass is 10.2. The van der Waals surface area contributed by atoms with E-state index in [1.54, 1.807) is 12.3 Å². The summed E-state index contributed by atoms with van der Waals surface area (Å²) < 4.78 is 5.70. The van der Waals surface area contributed by atoms with Crippen molar-refractivity contribution in [1.29, 1.82) is 0 Å². The first-order chi connectivity index (χ1) is 9.31. The van der Waals surface area contributed by atoms with Gasteiger partial charge in [-0.25, -0.2) is 4.98 Å². The Labute approximate surface area is 117 Å². The van der Waals surface area contributed by atoms with Crippen LogP contribution >= 0.6 is 11.6 Å². The molecule has 0 aliphatic heterocycles. The Hall–Kier alpha value is -1.58. The molecule has 1 aromatic heterocycles. The Morgan fingerprint density at radius 3 is 2.89 bits per heavy atom. The molecule has 1 saturated carbocycles. The highest BCUT2D eigenvalue weighted by molar-refractivity contribution is 6.32. The number of ether oxygens (including phenoxy) is 1. The number of aromatic nitrogens is 1. The fraction of sp³-hybridized carbons (Fsp3) is 0.267. The second-order valence-corrected chi connectivity index (χ2v) is 5.10. The van der Waals surface area contributed by atoms with Crippen LogP contribution in [0.15, 0.2) is 42.6 Å². The normalized spacial score (nSPS) is 14.4. The average Bonchev–Trinajstić information content (AvgIpc) is 3.24. The van der Waals surface area contributed by atoms with Gasteiger partial charge >= 0.3 is 0 Å². The van der Waals surface area contributed by atoms with Gasteiger partial charge in [0.1, 0.15) is 5.75 Å². The molecule has 0 bridgehead atoms. The average molecular weight is 275 g/mol. The van der Waals surface area contributed by atoms with Crippen LogP contribution < -0.4 is 10.1 Å². The number of nitrogens with zero attached hydrogens (tertiary/aromatic N) is 1. The molecule has 0 saturated heterocycles. The molecule has 4 heteroatoms. The largest absolute Gasteiger partial charge is 0.437 e. The number of hydrogen-bond acceptors (Lipinski definition) is 3. The van der Waals surface area contributed by atoms with Gasteiger partial charge in [0.15, 0.2) is 0 Å². The monoisotopic (exact) mass is 274 g/mol. The molecule has 3 nitrogen and oxygen atoms in total. The van der Waals surface area contributed by atoms with Crippen LogP contribution in [0.1, 0.15) is 18.4 Å². The molecule has 1 aliphatic rings. The fourth-order valence-electron chi connectivity index (χ4n) is 1.81. The summed E-state index contributed by atoms with van der Waals surface area (Å²) in [6.07, 6.45) is 4.33. The van der Waals surface area contributed by atoms with Crippen LogP contribution in [-0.2, 0) is 6.54 Å². The van der Waals surface area contributed by atoms with E-state index < -0.39 is 0 Å². The fourth-order valence-corrected chi connectivity index (χ4v) is 1.98. The minimum absolute atomic E-state index is 0.572. The lowest BCUT2D eigenvalue weighted by Gasteiger charge is -2.08. The van der Waals surface area contributed by atoms with E-state index in [0.717, 1.165) is 6.54 Å². The Morgan fingerprint density at radius 1 is 1.26 bits per heavy atom. The van der Waals surface area contributed by atoms with E-state index in [1.807, 2.05) is 30.3 Å². The van der Waals surface area contributed by atoms with Crippen LogP contribution in [0.3, 0.4) is 0 Å². The van der Waals surface area contributed by atoms with Gasteiger partial charge in [0.25, 0.3) is 0 Å². The molecule has 0 spiro atoms. The van der Waals surface area contributed by atoms with Crippen molar-refractivity contribution in [2.45, 2.75) is 25.4 Å². The molecule has 1 heterocycles. The van der Waals surface area contributed by atoms with Crippen LogP contribution in [-0.4, -0.2) is 11.0 Å². The molecule has 1 aliphatic carbocycles. The maximum absolute atomic E-state index is 6.06. The Kier molecular flexibility index (Phi) is 3.67. The van der Waals surface area contributed by atoms with Crippen LogP contribution in [0.25, 0.3) is 0 Å². The van der Waals surface area contributed by atoms with Gasteiger partial charge in [0.05, 0.1) is 5.02 Å². The van der Waals surface area contributed by atoms with Crippen molar-refractivity contribution < 1.29 is 4.74 Å². The van der Waals surface area contributed by atoms with Crippen molar-refractivity contribution in [2.75, 3.05) is 0 Å². The molecular formula is C15H15ClN2O. The van der Waals surface area contributed by atoms with E-state index in [0.29, 0.717) is 22.7 Å². The smallest absolute Gasteiger partial charge is 0.219 e. The van der Waals surface area contributed by atoms with Gasteiger partial charge in [-0.1, -0.05) is 23.7 Å². The highest BCUT2D eigenvalue weighted by atomic mass is 35.5. The first-order valence-electron chi connectivity index (χ1n) is 6.42. The minimum Gasteiger partial charge on any atom is -0.437 e. The van der Waals surface area contributed by atoms with Gasteiger partial charge in [-0.05, 0) is 36.6 Å². The van der Waals surface area contributed by atoms with E-state index >= 15 is 0 Å². The molecule has 1 N–H and O–H groups in total. The highest BCUT2D eigenvalue weighted by Gasteiger charge is 2.19. The van der Waals surface area contributed by atoms with E-state index in [4.69, 9.17) is 16.3 Å². The second kappa shape index (κ2) is 5.59. The first kappa shape index (κ1) is 12.5. The molecule has 0 atom stereocenters. The third kappa shape index (κ3) is 3.46. The van der Waals surface area contributed by atoms with Gasteiger partial charge < -0.3 is 10.1 Å². The molecule has 3 rings (SSSR count). The zero-order chi connectivity index (χ0) is 13.1. The standard InChI is InChI=1S/C15H15ClN2O/c16-13-3-1-2-4-14(13)19-15-9-11(7-8-17-15)10-18-12-5-6-12/h1-4,7-9,12,18H,5-6,10H2. The van der Waals surface area contributed by atoms with Gasteiger partial charge in [-0.2, -0.15) is 0 Å². The molecule has 1 fully saturated rings. The third-order valence-electron chi connectivity index (χ3n) is 3.02. The number of pyridine rings is 1. The van der Waals surface area contributed by atoms with Crippen LogP contribution in [0.5, 0.6) is 11.6 Å². The van der Waals surface area contributed by atoms with Gasteiger partial charge in [-0.15, -0.1) is 0 Å². The summed E-state index contributed by atoms with van der Waals surface area (Å²) in [5, 5.41) is 4.05. The van der Waals surface area contributed by atoms with Crippen molar-refractivity contribution in [2.24, 2.45) is 0 Å². The lowest BCUT2D eigenvalue weighted by Crippen LogP contribution is -2.15. The summed E-state index contributed by atoms with van der Waals surface area (Å²) in [4.78, 5) is 4.21. The topological polar surface area (TPSA) is 34.1 Å². The van der Waals surface area contributed by atoms with Gasteiger partial charge in [-0.3, -0.25) is 0 Å². The van der Waals surface area contributed by atoms with Crippen LogP contribution in [0, 0.1) is 0 Å². The first-order valence-corrected chi connectivity index (χ1v) is 6.80. The number of para-hydroxylation sites is 1.